The van der Waals surface area contributed by atoms with Crippen molar-refractivity contribution >= 4 is 23.4 Å². The molecule has 1 fully saturated rings. The Balaban J connectivity index is 1.24. The molecular weight excluding hydrogens is 500 g/mol. The van der Waals surface area contributed by atoms with Crippen LogP contribution in [0.15, 0.2) is 85.2 Å². The van der Waals surface area contributed by atoms with Gasteiger partial charge in [-0.15, -0.1) is 0 Å². The first kappa shape index (κ1) is 26.0. The topological polar surface area (TPSA) is 83.5 Å². The number of carbonyl (C=O) groups is 1. The first-order valence-corrected chi connectivity index (χ1v) is 14.0. The van der Waals surface area contributed by atoms with E-state index in [1.54, 1.807) is 6.20 Å². The van der Waals surface area contributed by atoms with Gasteiger partial charge in [-0.05, 0) is 42.5 Å². The molecule has 0 radical (unpaired) electrons. The van der Waals surface area contributed by atoms with Gasteiger partial charge in [-0.2, -0.15) is 4.98 Å². The molecule has 1 unspecified atom stereocenters. The van der Waals surface area contributed by atoms with Crippen LogP contribution in [0.3, 0.4) is 0 Å². The van der Waals surface area contributed by atoms with Gasteiger partial charge in [0.1, 0.15) is 5.82 Å². The number of nitrogens with zero attached hydrogens (tertiary/aromatic N) is 5. The van der Waals surface area contributed by atoms with Gasteiger partial charge in [-0.25, -0.2) is 4.98 Å². The number of amides is 1. The minimum Gasteiger partial charge on any atom is -0.378 e. The second-order valence-electron chi connectivity index (χ2n) is 10.3. The SMILES string of the molecule is O=C(CC(Cc1ccccc1)Nc1nccc(N2CCCc3cnc(-c4ccccc4)cc32)n1)N1CCOCC1. The summed E-state index contributed by atoms with van der Waals surface area (Å²) in [6.45, 7) is 3.32. The maximum Gasteiger partial charge on any atom is 0.224 e. The predicted molar refractivity (Wildman–Crippen MR) is 157 cm³/mol. The molecule has 1 saturated heterocycles. The quantitative estimate of drug-likeness (QED) is 0.344. The molecule has 2 aliphatic rings. The van der Waals surface area contributed by atoms with Gasteiger partial charge in [0.15, 0.2) is 0 Å². The lowest BCUT2D eigenvalue weighted by Gasteiger charge is -2.31. The first-order chi connectivity index (χ1) is 19.7. The van der Waals surface area contributed by atoms with Crippen LogP contribution in [0.25, 0.3) is 11.3 Å². The maximum absolute atomic E-state index is 13.2. The van der Waals surface area contributed by atoms with E-state index in [0.717, 1.165) is 47.7 Å². The molecule has 40 heavy (non-hydrogen) atoms. The molecule has 2 aliphatic heterocycles. The van der Waals surface area contributed by atoms with Gasteiger partial charge >= 0.3 is 0 Å². The first-order valence-electron chi connectivity index (χ1n) is 14.0. The van der Waals surface area contributed by atoms with Crippen LogP contribution in [-0.4, -0.2) is 64.6 Å². The monoisotopic (exact) mass is 534 g/mol. The molecule has 1 N–H and O–H groups in total. The van der Waals surface area contributed by atoms with Crippen molar-refractivity contribution in [2.45, 2.75) is 31.7 Å². The standard InChI is InChI=1S/C32H34N6O2/c39-31(37-16-18-40-19-17-37)21-27(20-24-8-3-1-4-9-24)35-32-33-14-13-30(36-32)38-15-7-12-26-23-34-28(22-29(26)38)25-10-5-2-6-11-25/h1-6,8-11,13-14,22-23,27H,7,12,15-21H2,(H,33,35,36). The summed E-state index contributed by atoms with van der Waals surface area (Å²) >= 11 is 0. The second kappa shape index (κ2) is 12.3. The van der Waals surface area contributed by atoms with Gasteiger partial charge < -0.3 is 19.9 Å². The highest BCUT2D eigenvalue weighted by Gasteiger charge is 2.24. The van der Waals surface area contributed by atoms with Crippen molar-refractivity contribution in [2.75, 3.05) is 43.1 Å². The van der Waals surface area contributed by atoms with Crippen molar-refractivity contribution in [1.82, 2.24) is 19.9 Å². The lowest BCUT2D eigenvalue weighted by atomic mass is 10.0. The summed E-state index contributed by atoms with van der Waals surface area (Å²) in [5.74, 6) is 1.48. The van der Waals surface area contributed by atoms with Crippen LogP contribution in [-0.2, 0) is 22.4 Å². The number of morpholine rings is 1. The van der Waals surface area contributed by atoms with E-state index in [-0.39, 0.29) is 11.9 Å². The highest BCUT2D eigenvalue weighted by atomic mass is 16.5. The zero-order chi connectivity index (χ0) is 27.1. The van der Waals surface area contributed by atoms with Gasteiger partial charge in [0, 0.05) is 55.7 Å². The molecule has 1 atom stereocenters. The van der Waals surface area contributed by atoms with E-state index in [4.69, 9.17) is 14.7 Å². The molecule has 4 heterocycles. The third kappa shape index (κ3) is 6.13. The van der Waals surface area contributed by atoms with Crippen molar-refractivity contribution < 1.29 is 9.53 Å². The van der Waals surface area contributed by atoms with E-state index in [1.807, 2.05) is 53.6 Å². The smallest absolute Gasteiger partial charge is 0.224 e. The van der Waals surface area contributed by atoms with Gasteiger partial charge in [-0.3, -0.25) is 9.78 Å². The Morgan fingerprint density at radius 1 is 0.950 bits per heavy atom. The molecule has 1 amide bonds. The number of aryl methyl sites for hydroxylation is 1. The fourth-order valence-corrected chi connectivity index (χ4v) is 5.45. The number of hydrogen-bond acceptors (Lipinski definition) is 7. The maximum atomic E-state index is 13.2. The van der Waals surface area contributed by atoms with Crippen LogP contribution in [0.2, 0.25) is 0 Å². The van der Waals surface area contributed by atoms with E-state index in [1.165, 1.54) is 5.56 Å². The summed E-state index contributed by atoms with van der Waals surface area (Å²) in [6.07, 6.45) is 6.87. The van der Waals surface area contributed by atoms with Gasteiger partial charge in [-0.1, -0.05) is 60.7 Å². The number of nitrogens with one attached hydrogen (secondary N) is 1. The molecule has 0 bridgehead atoms. The van der Waals surface area contributed by atoms with Crippen LogP contribution >= 0.6 is 0 Å². The van der Waals surface area contributed by atoms with E-state index >= 15 is 0 Å². The number of fused-ring (bicyclic) bond motifs is 1. The van der Waals surface area contributed by atoms with E-state index in [2.05, 4.69) is 45.5 Å². The minimum absolute atomic E-state index is 0.124. The summed E-state index contributed by atoms with van der Waals surface area (Å²) in [4.78, 5) is 31.5. The lowest BCUT2D eigenvalue weighted by Crippen LogP contribution is -2.43. The van der Waals surface area contributed by atoms with Crippen LogP contribution in [0, 0.1) is 0 Å². The lowest BCUT2D eigenvalue weighted by molar-refractivity contribution is -0.135. The molecule has 6 rings (SSSR count). The zero-order valence-electron chi connectivity index (χ0n) is 22.6. The summed E-state index contributed by atoms with van der Waals surface area (Å²) < 4.78 is 5.44. The fraction of sp³-hybridized carbons (Fsp3) is 0.312. The Hall–Kier alpha value is -4.30. The van der Waals surface area contributed by atoms with E-state index in [9.17, 15) is 4.79 Å². The zero-order valence-corrected chi connectivity index (χ0v) is 22.6. The molecule has 0 spiro atoms. The molecule has 0 saturated carbocycles. The number of carbonyl (C=O) groups excluding carboxylic acids is 1. The van der Waals surface area contributed by atoms with Gasteiger partial charge in [0.2, 0.25) is 11.9 Å². The number of anilines is 3. The molecule has 204 valence electrons. The Bertz CT molecular complexity index is 1430. The predicted octanol–water partition coefficient (Wildman–Crippen LogP) is 4.90. The van der Waals surface area contributed by atoms with E-state index in [0.29, 0.717) is 45.1 Å². The normalized spacial score (nSPS) is 15.8. The van der Waals surface area contributed by atoms with Crippen molar-refractivity contribution in [1.29, 1.82) is 0 Å². The summed E-state index contributed by atoms with van der Waals surface area (Å²) in [7, 11) is 0. The van der Waals surface area contributed by atoms with Crippen molar-refractivity contribution in [3.05, 3.63) is 96.3 Å². The molecule has 2 aromatic heterocycles. The average molecular weight is 535 g/mol. The number of pyridine rings is 1. The number of ether oxygens (including phenoxy) is 1. The largest absolute Gasteiger partial charge is 0.378 e. The highest BCUT2D eigenvalue weighted by Crippen LogP contribution is 2.35. The molecule has 0 aliphatic carbocycles. The molecule has 2 aromatic carbocycles. The minimum atomic E-state index is -0.143. The number of hydrogen-bond donors (Lipinski definition) is 1. The second-order valence-corrected chi connectivity index (χ2v) is 10.3. The molecule has 8 nitrogen and oxygen atoms in total. The van der Waals surface area contributed by atoms with Crippen LogP contribution < -0.4 is 10.2 Å². The molecule has 8 heteroatoms. The van der Waals surface area contributed by atoms with Crippen molar-refractivity contribution in [3.8, 4) is 11.3 Å². The number of aromatic nitrogens is 3. The van der Waals surface area contributed by atoms with E-state index < -0.39 is 0 Å². The third-order valence-corrected chi connectivity index (χ3v) is 7.51. The van der Waals surface area contributed by atoms with Crippen molar-refractivity contribution in [3.63, 3.8) is 0 Å². The van der Waals surface area contributed by atoms with Crippen LogP contribution in [0.1, 0.15) is 24.0 Å². The Morgan fingerprint density at radius 3 is 2.52 bits per heavy atom. The van der Waals surface area contributed by atoms with Gasteiger partial charge in [0.05, 0.1) is 18.9 Å². The Morgan fingerprint density at radius 2 is 1.73 bits per heavy atom. The highest BCUT2D eigenvalue weighted by molar-refractivity contribution is 5.77. The summed E-state index contributed by atoms with van der Waals surface area (Å²) in [5, 5.41) is 3.50. The Labute approximate surface area is 235 Å². The number of rotatable bonds is 8. The van der Waals surface area contributed by atoms with Crippen molar-refractivity contribution in [2.24, 2.45) is 0 Å². The molecule has 4 aromatic rings. The fourth-order valence-electron chi connectivity index (χ4n) is 5.45. The van der Waals surface area contributed by atoms with Crippen LogP contribution in [0.5, 0.6) is 0 Å². The van der Waals surface area contributed by atoms with Crippen LogP contribution in [0.4, 0.5) is 17.5 Å². The third-order valence-electron chi connectivity index (χ3n) is 7.51. The summed E-state index contributed by atoms with van der Waals surface area (Å²) in [6, 6.07) is 24.5. The summed E-state index contributed by atoms with van der Waals surface area (Å²) in [5.41, 5.74) is 5.56. The molecular formula is C32H34N6O2. The number of benzene rings is 2. The van der Waals surface area contributed by atoms with Gasteiger partial charge in [0.25, 0.3) is 0 Å². The average Bonchev–Trinajstić information content (AvgIpc) is 3.02. The Kier molecular flexibility index (Phi) is 7.95.